The van der Waals surface area contributed by atoms with Crippen molar-refractivity contribution in [2.45, 2.75) is 57.8 Å². The molecule has 1 aromatic rings. The van der Waals surface area contributed by atoms with Crippen LogP contribution in [0.15, 0.2) is 17.0 Å². The van der Waals surface area contributed by atoms with Crippen LogP contribution in [0.3, 0.4) is 0 Å². The van der Waals surface area contributed by atoms with Gasteiger partial charge in [-0.2, -0.15) is 4.31 Å². The third kappa shape index (κ3) is 5.47. The molecule has 0 bridgehead atoms. The zero-order chi connectivity index (χ0) is 20.4. The summed E-state index contributed by atoms with van der Waals surface area (Å²) in [5, 5.41) is 0. The molecule has 2 N–H and O–H groups in total. The number of halogens is 1. The molecule has 0 radical (unpaired) electrons. The molecule has 0 unspecified atom stereocenters. The third-order valence-electron chi connectivity index (χ3n) is 5.11. The summed E-state index contributed by atoms with van der Waals surface area (Å²) < 4.78 is 28.0. The van der Waals surface area contributed by atoms with Crippen LogP contribution in [0.25, 0.3) is 0 Å². The molecule has 1 saturated heterocycles. The fourth-order valence-corrected chi connectivity index (χ4v) is 5.34. The number of nitrogens with two attached hydrogens (primary N) is 1. The summed E-state index contributed by atoms with van der Waals surface area (Å²) in [6, 6.07) is 3.96. The van der Waals surface area contributed by atoms with E-state index in [1.807, 2.05) is 26.0 Å². The second-order valence-electron chi connectivity index (χ2n) is 8.37. The van der Waals surface area contributed by atoms with Gasteiger partial charge >= 0.3 is 0 Å². The molecule has 0 atom stereocenters. The lowest BCUT2D eigenvalue weighted by Gasteiger charge is -2.35. The second kappa shape index (κ2) is 9.57. The van der Waals surface area contributed by atoms with Crippen LogP contribution >= 0.6 is 12.4 Å². The maximum atomic E-state index is 13.2. The molecule has 0 spiro atoms. The van der Waals surface area contributed by atoms with Gasteiger partial charge in [-0.05, 0) is 48.9 Å². The number of hydrogen-bond acceptors (Lipinski definition) is 4. The number of carbonyl (C=O) groups excluding carboxylic acids is 1. The number of benzene rings is 1. The van der Waals surface area contributed by atoms with E-state index < -0.39 is 10.0 Å². The van der Waals surface area contributed by atoms with Gasteiger partial charge in [-0.25, -0.2) is 8.42 Å². The van der Waals surface area contributed by atoms with E-state index in [1.165, 1.54) is 4.31 Å². The quantitative estimate of drug-likeness (QED) is 0.776. The maximum absolute atomic E-state index is 13.2. The van der Waals surface area contributed by atoms with Gasteiger partial charge in [0.25, 0.3) is 0 Å². The number of hydrogen-bond donors (Lipinski definition) is 1. The molecule has 1 heterocycles. The molecule has 2 rings (SSSR count). The molecule has 0 aromatic heterocycles. The van der Waals surface area contributed by atoms with Crippen molar-refractivity contribution in [1.29, 1.82) is 0 Å². The largest absolute Gasteiger partial charge is 0.340 e. The molecular formula is C20H34ClN3O3S. The van der Waals surface area contributed by atoms with Crippen LogP contribution in [0, 0.1) is 13.8 Å². The maximum Gasteiger partial charge on any atom is 0.243 e. The number of piperazine rings is 1. The van der Waals surface area contributed by atoms with Crippen LogP contribution in [-0.4, -0.2) is 56.3 Å². The van der Waals surface area contributed by atoms with E-state index in [4.69, 9.17) is 5.73 Å². The molecule has 8 heteroatoms. The monoisotopic (exact) mass is 431 g/mol. The Morgan fingerprint density at radius 3 is 2.00 bits per heavy atom. The van der Waals surface area contributed by atoms with Crippen LogP contribution in [0.5, 0.6) is 0 Å². The Balaban J connectivity index is 0.00000392. The standard InChI is InChI=1S/C20H33N3O3S.ClH/c1-15-13-17(20(3,4)5)14-16(2)19(15)27(25,26)23-11-9-22(10-12-23)18(24)7-6-8-21;/h13-14H,6-12,21H2,1-5H3;1H. The van der Waals surface area contributed by atoms with Crippen molar-refractivity contribution < 1.29 is 13.2 Å². The van der Waals surface area contributed by atoms with Crippen LogP contribution in [-0.2, 0) is 20.2 Å². The van der Waals surface area contributed by atoms with E-state index in [0.717, 1.165) is 16.7 Å². The van der Waals surface area contributed by atoms with Gasteiger partial charge in [0.1, 0.15) is 0 Å². The van der Waals surface area contributed by atoms with E-state index in [-0.39, 0.29) is 23.7 Å². The van der Waals surface area contributed by atoms with Gasteiger partial charge < -0.3 is 10.6 Å². The van der Waals surface area contributed by atoms with Crippen LogP contribution in [0.1, 0.15) is 50.3 Å². The Labute approximate surface area is 175 Å². The fraction of sp³-hybridized carbons (Fsp3) is 0.650. The lowest BCUT2D eigenvalue weighted by molar-refractivity contribution is -0.132. The number of aryl methyl sites for hydroxylation is 2. The van der Waals surface area contributed by atoms with Crippen molar-refractivity contribution in [2.75, 3.05) is 32.7 Å². The number of amides is 1. The lowest BCUT2D eigenvalue weighted by atomic mass is 9.85. The van der Waals surface area contributed by atoms with Gasteiger partial charge in [0.2, 0.25) is 15.9 Å². The van der Waals surface area contributed by atoms with Gasteiger partial charge in [0.15, 0.2) is 0 Å². The minimum absolute atomic E-state index is 0. The van der Waals surface area contributed by atoms with Gasteiger partial charge in [-0.3, -0.25) is 4.79 Å². The van der Waals surface area contributed by atoms with Crippen molar-refractivity contribution in [3.63, 3.8) is 0 Å². The average molecular weight is 432 g/mol. The Hall–Kier alpha value is -1.15. The third-order valence-corrected chi connectivity index (χ3v) is 7.32. The van der Waals surface area contributed by atoms with E-state index >= 15 is 0 Å². The van der Waals surface area contributed by atoms with Crippen molar-refractivity contribution in [1.82, 2.24) is 9.21 Å². The molecule has 1 aliphatic rings. The predicted octanol–water partition coefficient (Wildman–Crippen LogP) is 2.59. The van der Waals surface area contributed by atoms with Crippen molar-refractivity contribution >= 4 is 28.3 Å². The van der Waals surface area contributed by atoms with Gasteiger partial charge in [-0.1, -0.05) is 32.9 Å². The zero-order valence-corrected chi connectivity index (χ0v) is 19.3. The highest BCUT2D eigenvalue weighted by Crippen LogP contribution is 2.31. The summed E-state index contributed by atoms with van der Waals surface area (Å²) >= 11 is 0. The smallest absolute Gasteiger partial charge is 0.243 e. The minimum Gasteiger partial charge on any atom is -0.340 e. The fourth-order valence-electron chi connectivity index (χ4n) is 3.51. The highest BCUT2D eigenvalue weighted by molar-refractivity contribution is 7.89. The second-order valence-corrected chi connectivity index (χ2v) is 10.2. The number of sulfonamides is 1. The first-order valence-electron chi connectivity index (χ1n) is 9.58. The summed E-state index contributed by atoms with van der Waals surface area (Å²) in [5.74, 6) is 0.0550. The highest BCUT2D eigenvalue weighted by Gasteiger charge is 2.32. The Kier molecular flexibility index (Phi) is 8.50. The molecule has 1 amide bonds. The molecule has 0 saturated carbocycles. The SMILES string of the molecule is Cc1cc(C(C)(C)C)cc(C)c1S(=O)(=O)N1CCN(C(=O)CCCN)CC1.Cl. The average Bonchev–Trinajstić information content (AvgIpc) is 2.58. The summed E-state index contributed by atoms with van der Waals surface area (Å²) in [5.41, 5.74) is 8.11. The van der Waals surface area contributed by atoms with E-state index in [9.17, 15) is 13.2 Å². The Bertz CT molecular complexity index is 772. The first-order chi connectivity index (χ1) is 12.5. The van der Waals surface area contributed by atoms with Crippen LogP contribution < -0.4 is 5.73 Å². The van der Waals surface area contributed by atoms with E-state index in [1.54, 1.807) is 4.90 Å². The van der Waals surface area contributed by atoms with Gasteiger partial charge in [0.05, 0.1) is 4.90 Å². The highest BCUT2D eigenvalue weighted by atomic mass is 35.5. The first kappa shape index (κ1) is 24.9. The van der Waals surface area contributed by atoms with Crippen molar-refractivity contribution in [2.24, 2.45) is 5.73 Å². The van der Waals surface area contributed by atoms with Gasteiger partial charge in [-0.15, -0.1) is 12.4 Å². The normalized spacial score (nSPS) is 16.0. The van der Waals surface area contributed by atoms with Crippen LogP contribution in [0.4, 0.5) is 0 Å². The predicted molar refractivity (Wildman–Crippen MR) is 115 cm³/mol. The van der Waals surface area contributed by atoms with Crippen LogP contribution in [0.2, 0.25) is 0 Å². The summed E-state index contributed by atoms with van der Waals surface area (Å²) in [7, 11) is -3.58. The number of carbonyl (C=O) groups is 1. The van der Waals surface area contributed by atoms with Crippen molar-refractivity contribution in [3.8, 4) is 0 Å². The number of nitrogens with zero attached hydrogens (tertiary/aromatic N) is 2. The summed E-state index contributed by atoms with van der Waals surface area (Å²) in [6.45, 7) is 12.1. The van der Waals surface area contributed by atoms with Crippen molar-refractivity contribution in [3.05, 3.63) is 28.8 Å². The lowest BCUT2D eigenvalue weighted by Crippen LogP contribution is -2.50. The minimum atomic E-state index is -3.58. The molecule has 160 valence electrons. The zero-order valence-electron chi connectivity index (χ0n) is 17.6. The van der Waals surface area contributed by atoms with E-state index in [2.05, 4.69) is 20.8 Å². The molecule has 1 aliphatic heterocycles. The molecule has 0 aliphatic carbocycles. The Morgan fingerprint density at radius 1 is 1.07 bits per heavy atom. The molecular weight excluding hydrogens is 398 g/mol. The molecule has 1 fully saturated rings. The first-order valence-corrected chi connectivity index (χ1v) is 11.0. The molecule has 28 heavy (non-hydrogen) atoms. The molecule has 6 nitrogen and oxygen atoms in total. The topological polar surface area (TPSA) is 83.7 Å². The van der Waals surface area contributed by atoms with E-state index in [0.29, 0.717) is 50.5 Å². The molecule has 1 aromatic carbocycles. The van der Waals surface area contributed by atoms with Gasteiger partial charge in [0, 0.05) is 32.6 Å². The summed E-state index contributed by atoms with van der Waals surface area (Å²) in [6.07, 6.45) is 1.09. The summed E-state index contributed by atoms with van der Waals surface area (Å²) in [4.78, 5) is 14.3. The Morgan fingerprint density at radius 2 is 1.57 bits per heavy atom. The number of rotatable bonds is 5.